The van der Waals surface area contributed by atoms with Gasteiger partial charge in [0.1, 0.15) is 0 Å². The summed E-state index contributed by atoms with van der Waals surface area (Å²) in [4.78, 5) is 13.2. The fourth-order valence-electron chi connectivity index (χ4n) is 4.64. The Hall–Kier alpha value is -3.33. The summed E-state index contributed by atoms with van der Waals surface area (Å²) in [5, 5.41) is 4.49. The van der Waals surface area contributed by atoms with Crippen LogP contribution >= 0.6 is 0 Å². The summed E-state index contributed by atoms with van der Waals surface area (Å²) in [6, 6.07) is 27.7. The summed E-state index contributed by atoms with van der Waals surface area (Å²) < 4.78 is 2.28. The van der Waals surface area contributed by atoms with Gasteiger partial charge in [0.15, 0.2) is 0 Å². The second kappa shape index (κ2) is 10.5. The van der Waals surface area contributed by atoms with Crippen LogP contribution in [-0.4, -0.2) is 16.5 Å². The van der Waals surface area contributed by atoms with E-state index in [0.717, 1.165) is 19.4 Å². The average Bonchev–Trinajstić information content (AvgIpc) is 3.21. The van der Waals surface area contributed by atoms with Gasteiger partial charge in [-0.2, -0.15) is 0 Å². The Labute approximate surface area is 197 Å². The van der Waals surface area contributed by atoms with E-state index < -0.39 is 0 Å². The molecule has 0 aliphatic rings. The monoisotopic (exact) mass is 438 g/mol. The summed E-state index contributed by atoms with van der Waals surface area (Å²) >= 11 is 0. The van der Waals surface area contributed by atoms with Crippen molar-refractivity contribution in [1.82, 2.24) is 9.88 Å². The second-order valence-corrected chi connectivity index (χ2v) is 9.05. The molecule has 33 heavy (non-hydrogen) atoms. The highest BCUT2D eigenvalue weighted by Gasteiger charge is 2.23. The number of carbonyl (C=O) groups is 1. The Morgan fingerprint density at radius 2 is 1.64 bits per heavy atom. The maximum Gasteiger partial charge on any atom is 0.221 e. The lowest BCUT2D eigenvalue weighted by atomic mass is 9.87. The van der Waals surface area contributed by atoms with Gasteiger partial charge in [0.2, 0.25) is 5.91 Å². The fourth-order valence-corrected chi connectivity index (χ4v) is 4.64. The first kappa shape index (κ1) is 22.8. The van der Waals surface area contributed by atoms with Crippen LogP contribution < -0.4 is 5.32 Å². The normalized spacial score (nSPS) is 13.1. The molecule has 0 fully saturated rings. The number of rotatable bonds is 9. The Kier molecular flexibility index (Phi) is 7.29. The zero-order valence-corrected chi connectivity index (χ0v) is 19.9. The van der Waals surface area contributed by atoms with E-state index >= 15 is 0 Å². The van der Waals surface area contributed by atoms with Gasteiger partial charge in [0, 0.05) is 42.0 Å². The Morgan fingerprint density at radius 1 is 0.939 bits per heavy atom. The van der Waals surface area contributed by atoms with Crippen LogP contribution in [0.15, 0.2) is 85.1 Å². The van der Waals surface area contributed by atoms with Crippen LogP contribution in [0.5, 0.6) is 0 Å². The van der Waals surface area contributed by atoms with Gasteiger partial charge in [-0.15, -0.1) is 0 Å². The van der Waals surface area contributed by atoms with Crippen molar-refractivity contribution < 1.29 is 4.79 Å². The molecule has 1 amide bonds. The molecule has 3 nitrogen and oxygen atoms in total. The molecule has 1 aromatic heterocycles. The molecule has 0 saturated carbocycles. The molecule has 1 heterocycles. The summed E-state index contributed by atoms with van der Waals surface area (Å²) in [7, 11) is 0. The lowest BCUT2D eigenvalue weighted by Gasteiger charge is -2.20. The number of para-hydroxylation sites is 1. The van der Waals surface area contributed by atoms with E-state index in [4.69, 9.17) is 0 Å². The predicted molar refractivity (Wildman–Crippen MR) is 138 cm³/mol. The lowest BCUT2D eigenvalue weighted by molar-refractivity contribution is -0.121. The van der Waals surface area contributed by atoms with Crippen molar-refractivity contribution in [1.29, 1.82) is 0 Å². The molecule has 0 radical (unpaired) electrons. The van der Waals surface area contributed by atoms with Crippen molar-refractivity contribution in [2.24, 2.45) is 0 Å². The summed E-state index contributed by atoms with van der Waals surface area (Å²) in [6.45, 7) is 7.27. The van der Waals surface area contributed by atoms with Crippen molar-refractivity contribution in [3.8, 4) is 0 Å². The standard InChI is InChI=1S/C30H34N2O/c1-4-32-21-28(26-12-8-9-13-29(26)32)27(25-18-14-22(2)15-19-25)20-30(33)31-23(3)16-17-24-10-6-5-7-11-24/h5-15,18-19,21,23,27H,4,16-17,20H2,1-3H3,(H,31,33)/t23-,27+/m0/s1. The molecule has 4 aromatic rings. The number of amides is 1. The van der Waals surface area contributed by atoms with Gasteiger partial charge in [-0.1, -0.05) is 78.4 Å². The van der Waals surface area contributed by atoms with Gasteiger partial charge in [-0.25, -0.2) is 0 Å². The van der Waals surface area contributed by atoms with Gasteiger partial charge in [-0.05, 0) is 56.4 Å². The molecule has 3 heteroatoms. The topological polar surface area (TPSA) is 34.0 Å². The summed E-state index contributed by atoms with van der Waals surface area (Å²) in [5.74, 6) is 0.124. The lowest BCUT2D eigenvalue weighted by Crippen LogP contribution is -2.33. The maximum absolute atomic E-state index is 13.2. The molecule has 1 N–H and O–H groups in total. The first-order valence-corrected chi connectivity index (χ1v) is 12.0. The van der Waals surface area contributed by atoms with Crippen molar-refractivity contribution in [3.63, 3.8) is 0 Å². The molecule has 2 atom stereocenters. The van der Waals surface area contributed by atoms with Crippen molar-refractivity contribution in [2.45, 2.75) is 58.5 Å². The number of nitrogens with one attached hydrogen (secondary N) is 1. The van der Waals surface area contributed by atoms with E-state index in [1.165, 1.54) is 33.2 Å². The quantitative estimate of drug-likeness (QED) is 0.313. The first-order chi connectivity index (χ1) is 16.0. The minimum atomic E-state index is 0.0182. The third kappa shape index (κ3) is 5.54. The fraction of sp³-hybridized carbons (Fsp3) is 0.300. The Balaban J connectivity index is 1.55. The highest BCUT2D eigenvalue weighted by atomic mass is 16.1. The molecule has 0 unspecified atom stereocenters. The minimum absolute atomic E-state index is 0.0182. The number of aromatic nitrogens is 1. The number of nitrogens with zero attached hydrogens (tertiary/aromatic N) is 1. The molecule has 0 aliphatic carbocycles. The van der Waals surface area contributed by atoms with Gasteiger partial charge in [-0.3, -0.25) is 4.79 Å². The number of aryl methyl sites for hydroxylation is 3. The molecule has 0 saturated heterocycles. The SMILES string of the molecule is CCn1cc([C@H](CC(=O)N[C@@H](C)CCc2ccccc2)c2ccc(C)cc2)c2ccccc21. The van der Waals surface area contributed by atoms with Gasteiger partial charge < -0.3 is 9.88 Å². The van der Waals surface area contributed by atoms with E-state index in [0.29, 0.717) is 6.42 Å². The molecule has 3 aromatic carbocycles. The average molecular weight is 439 g/mol. The van der Waals surface area contributed by atoms with Gasteiger partial charge in [0.05, 0.1) is 0 Å². The molecular weight excluding hydrogens is 404 g/mol. The van der Waals surface area contributed by atoms with Crippen LogP contribution in [0.25, 0.3) is 10.9 Å². The number of carbonyl (C=O) groups excluding carboxylic acids is 1. The molecule has 0 aliphatic heterocycles. The minimum Gasteiger partial charge on any atom is -0.354 e. The Morgan fingerprint density at radius 3 is 2.36 bits per heavy atom. The first-order valence-electron chi connectivity index (χ1n) is 12.0. The number of hydrogen-bond acceptors (Lipinski definition) is 1. The van der Waals surface area contributed by atoms with Crippen LogP contribution in [0.1, 0.15) is 54.9 Å². The van der Waals surface area contributed by atoms with Gasteiger partial charge in [0.25, 0.3) is 0 Å². The Bertz CT molecular complexity index is 1190. The zero-order chi connectivity index (χ0) is 23.2. The van der Waals surface area contributed by atoms with Crippen molar-refractivity contribution in [2.75, 3.05) is 0 Å². The second-order valence-electron chi connectivity index (χ2n) is 9.05. The van der Waals surface area contributed by atoms with Crippen molar-refractivity contribution in [3.05, 3.63) is 107 Å². The number of benzene rings is 3. The predicted octanol–water partition coefficient (Wildman–Crippen LogP) is 6.63. The number of fused-ring (bicyclic) bond motifs is 1. The third-order valence-electron chi connectivity index (χ3n) is 6.52. The molecule has 0 bridgehead atoms. The highest BCUT2D eigenvalue weighted by molar-refractivity contribution is 5.86. The molecular formula is C30H34N2O. The maximum atomic E-state index is 13.2. The van der Waals surface area contributed by atoms with E-state index in [9.17, 15) is 4.79 Å². The van der Waals surface area contributed by atoms with Crippen LogP contribution in [0.3, 0.4) is 0 Å². The molecule has 4 rings (SSSR count). The smallest absolute Gasteiger partial charge is 0.221 e. The third-order valence-corrected chi connectivity index (χ3v) is 6.52. The van der Waals surface area contributed by atoms with Crippen LogP contribution in [-0.2, 0) is 17.8 Å². The van der Waals surface area contributed by atoms with Crippen molar-refractivity contribution >= 4 is 16.8 Å². The van der Waals surface area contributed by atoms with E-state index in [1.54, 1.807) is 0 Å². The summed E-state index contributed by atoms with van der Waals surface area (Å²) in [6.07, 6.45) is 4.57. The molecule has 0 spiro atoms. The zero-order valence-electron chi connectivity index (χ0n) is 19.9. The van der Waals surface area contributed by atoms with E-state index in [2.05, 4.69) is 110 Å². The largest absolute Gasteiger partial charge is 0.354 e. The number of hydrogen-bond donors (Lipinski definition) is 1. The van der Waals surface area contributed by atoms with Crippen LogP contribution in [0.4, 0.5) is 0 Å². The van der Waals surface area contributed by atoms with Crippen LogP contribution in [0.2, 0.25) is 0 Å². The molecule has 170 valence electrons. The highest BCUT2D eigenvalue weighted by Crippen LogP contribution is 2.35. The van der Waals surface area contributed by atoms with E-state index in [-0.39, 0.29) is 17.9 Å². The van der Waals surface area contributed by atoms with Gasteiger partial charge >= 0.3 is 0 Å². The summed E-state index contributed by atoms with van der Waals surface area (Å²) in [5.41, 5.74) is 6.18. The van der Waals surface area contributed by atoms with E-state index in [1.807, 2.05) is 6.07 Å². The van der Waals surface area contributed by atoms with Crippen LogP contribution in [0, 0.1) is 6.92 Å².